The Bertz CT molecular complexity index is 1030. The molecule has 8 heteroatoms. The zero-order valence-electron chi connectivity index (χ0n) is 17.0. The van der Waals surface area contributed by atoms with E-state index in [9.17, 15) is 9.59 Å². The van der Waals surface area contributed by atoms with E-state index in [0.29, 0.717) is 42.2 Å². The molecule has 0 radical (unpaired) electrons. The summed E-state index contributed by atoms with van der Waals surface area (Å²) in [5.74, 6) is -0.245. The second-order valence-electron chi connectivity index (χ2n) is 6.71. The van der Waals surface area contributed by atoms with Crippen LogP contribution in [0.2, 0.25) is 0 Å². The molecule has 8 nitrogen and oxygen atoms in total. The lowest BCUT2D eigenvalue weighted by Crippen LogP contribution is -2.26. The van der Waals surface area contributed by atoms with Gasteiger partial charge in [-0.2, -0.15) is 5.10 Å². The number of nitrogens with one attached hydrogen (secondary N) is 3. The van der Waals surface area contributed by atoms with Gasteiger partial charge < -0.3 is 21.1 Å². The van der Waals surface area contributed by atoms with Crippen molar-refractivity contribution in [2.75, 3.05) is 25.5 Å². The molecule has 0 unspecified atom stereocenters. The summed E-state index contributed by atoms with van der Waals surface area (Å²) in [5, 5.41) is 12.7. The summed E-state index contributed by atoms with van der Waals surface area (Å²) in [7, 11) is 1.49. The molecule has 30 heavy (non-hydrogen) atoms. The van der Waals surface area contributed by atoms with Crippen LogP contribution in [0, 0.1) is 6.92 Å². The van der Waals surface area contributed by atoms with Crippen molar-refractivity contribution in [1.82, 2.24) is 15.5 Å². The topological polar surface area (TPSA) is 122 Å². The highest BCUT2D eigenvalue weighted by Crippen LogP contribution is 2.25. The van der Waals surface area contributed by atoms with E-state index in [0.717, 1.165) is 16.8 Å². The van der Waals surface area contributed by atoms with Crippen molar-refractivity contribution in [2.24, 2.45) is 5.73 Å². The van der Waals surface area contributed by atoms with Crippen LogP contribution < -0.4 is 21.1 Å². The number of aromatic nitrogens is 2. The third-order valence-corrected chi connectivity index (χ3v) is 4.66. The van der Waals surface area contributed by atoms with Gasteiger partial charge in [-0.1, -0.05) is 30.3 Å². The van der Waals surface area contributed by atoms with Crippen LogP contribution in [-0.4, -0.2) is 42.2 Å². The average molecular weight is 407 g/mol. The summed E-state index contributed by atoms with van der Waals surface area (Å²) in [4.78, 5) is 25.2. The standard InChI is InChI=1S/C22H25N5O3/c1-14-19(15-7-4-3-5-8-15)26-27-20(14)22(29)25-16-9-10-18(30-2)17(13-16)21(28)24-12-6-11-23/h3-5,7-10,13H,6,11-12,23H2,1-2H3,(H,24,28)(H,25,29)(H,26,27). The molecule has 2 aromatic carbocycles. The molecule has 2 amide bonds. The van der Waals surface area contributed by atoms with Gasteiger partial charge in [0.25, 0.3) is 11.8 Å². The number of carbonyl (C=O) groups is 2. The van der Waals surface area contributed by atoms with Crippen molar-refractivity contribution in [3.05, 3.63) is 65.4 Å². The van der Waals surface area contributed by atoms with E-state index in [2.05, 4.69) is 20.8 Å². The molecule has 0 aliphatic rings. The van der Waals surface area contributed by atoms with E-state index in [4.69, 9.17) is 10.5 Å². The number of hydrogen-bond donors (Lipinski definition) is 4. The largest absolute Gasteiger partial charge is 0.496 e. The number of benzene rings is 2. The van der Waals surface area contributed by atoms with E-state index < -0.39 is 0 Å². The van der Waals surface area contributed by atoms with Crippen molar-refractivity contribution in [2.45, 2.75) is 13.3 Å². The summed E-state index contributed by atoms with van der Waals surface area (Å²) in [6.45, 7) is 2.79. The normalized spacial score (nSPS) is 10.5. The lowest BCUT2D eigenvalue weighted by atomic mass is 10.1. The fourth-order valence-corrected chi connectivity index (χ4v) is 3.06. The van der Waals surface area contributed by atoms with Gasteiger partial charge in [-0.3, -0.25) is 14.7 Å². The van der Waals surface area contributed by atoms with Gasteiger partial charge in [0, 0.05) is 17.8 Å². The molecule has 156 valence electrons. The minimum absolute atomic E-state index is 0.290. The molecule has 1 heterocycles. The molecule has 0 saturated carbocycles. The van der Waals surface area contributed by atoms with Crippen LogP contribution in [0.1, 0.15) is 32.8 Å². The number of H-pyrrole nitrogens is 1. The van der Waals surface area contributed by atoms with E-state index in [1.165, 1.54) is 7.11 Å². The molecular formula is C22H25N5O3. The number of hydrogen-bond acceptors (Lipinski definition) is 5. The van der Waals surface area contributed by atoms with Crippen molar-refractivity contribution in [3.63, 3.8) is 0 Å². The van der Waals surface area contributed by atoms with Crippen molar-refractivity contribution in [1.29, 1.82) is 0 Å². The fraction of sp³-hybridized carbons (Fsp3) is 0.227. The molecule has 0 aliphatic heterocycles. The van der Waals surface area contributed by atoms with E-state index in [-0.39, 0.29) is 11.8 Å². The number of rotatable bonds is 8. The Balaban J connectivity index is 1.79. The summed E-state index contributed by atoms with van der Waals surface area (Å²) in [5.41, 5.74) is 9.03. The highest BCUT2D eigenvalue weighted by atomic mass is 16.5. The first-order chi connectivity index (χ1) is 14.5. The Morgan fingerprint density at radius 3 is 2.60 bits per heavy atom. The lowest BCUT2D eigenvalue weighted by molar-refractivity contribution is 0.0949. The summed E-state index contributed by atoms with van der Waals surface area (Å²) >= 11 is 0. The van der Waals surface area contributed by atoms with Crippen molar-refractivity contribution < 1.29 is 14.3 Å². The van der Waals surface area contributed by atoms with Gasteiger partial charge in [0.2, 0.25) is 0 Å². The van der Waals surface area contributed by atoms with Gasteiger partial charge >= 0.3 is 0 Å². The number of ether oxygens (including phenoxy) is 1. The second-order valence-corrected chi connectivity index (χ2v) is 6.71. The average Bonchev–Trinajstić information content (AvgIpc) is 3.15. The highest BCUT2D eigenvalue weighted by Gasteiger charge is 2.19. The molecular weight excluding hydrogens is 382 g/mol. The molecule has 0 fully saturated rings. The second kappa shape index (κ2) is 9.71. The Hall–Kier alpha value is -3.65. The Morgan fingerprint density at radius 2 is 1.90 bits per heavy atom. The molecule has 0 bridgehead atoms. The lowest BCUT2D eigenvalue weighted by Gasteiger charge is -2.12. The number of aromatic amines is 1. The van der Waals surface area contributed by atoms with E-state index >= 15 is 0 Å². The van der Waals surface area contributed by atoms with Gasteiger partial charge in [-0.15, -0.1) is 0 Å². The molecule has 3 aromatic rings. The SMILES string of the molecule is COc1ccc(NC(=O)c2n[nH]c(-c3ccccc3)c2C)cc1C(=O)NCCCN. The number of nitrogens with two attached hydrogens (primary N) is 1. The Labute approximate surface area is 174 Å². The maximum absolute atomic E-state index is 12.8. The van der Waals surface area contributed by atoms with Gasteiger partial charge in [-0.25, -0.2) is 0 Å². The van der Waals surface area contributed by atoms with Crippen LogP contribution in [0.25, 0.3) is 11.3 Å². The zero-order valence-corrected chi connectivity index (χ0v) is 17.0. The van der Waals surface area contributed by atoms with Gasteiger partial charge in [0.05, 0.1) is 18.4 Å². The van der Waals surface area contributed by atoms with Crippen LogP contribution in [0.3, 0.4) is 0 Å². The van der Waals surface area contributed by atoms with Crippen LogP contribution in [0.15, 0.2) is 48.5 Å². The Kier molecular flexibility index (Phi) is 6.82. The van der Waals surface area contributed by atoms with Gasteiger partial charge in [-0.05, 0) is 43.7 Å². The van der Waals surface area contributed by atoms with Gasteiger partial charge in [0.1, 0.15) is 5.75 Å². The first-order valence-electron chi connectivity index (χ1n) is 9.63. The quantitative estimate of drug-likeness (QED) is 0.428. The fourth-order valence-electron chi connectivity index (χ4n) is 3.06. The number of anilines is 1. The van der Waals surface area contributed by atoms with Crippen LogP contribution in [0.5, 0.6) is 5.75 Å². The van der Waals surface area contributed by atoms with Crippen molar-refractivity contribution >= 4 is 17.5 Å². The van der Waals surface area contributed by atoms with Crippen LogP contribution >= 0.6 is 0 Å². The molecule has 3 rings (SSSR count). The molecule has 1 aromatic heterocycles. The Morgan fingerprint density at radius 1 is 1.13 bits per heavy atom. The van der Waals surface area contributed by atoms with Crippen LogP contribution in [0.4, 0.5) is 5.69 Å². The first-order valence-corrected chi connectivity index (χ1v) is 9.63. The predicted molar refractivity (Wildman–Crippen MR) is 116 cm³/mol. The predicted octanol–water partition coefficient (Wildman–Crippen LogP) is 2.72. The number of amides is 2. The maximum atomic E-state index is 12.8. The molecule has 0 aliphatic carbocycles. The number of nitrogens with zero attached hydrogens (tertiary/aromatic N) is 1. The molecule has 0 saturated heterocycles. The van der Waals surface area contributed by atoms with E-state index in [1.807, 2.05) is 37.3 Å². The van der Waals surface area contributed by atoms with E-state index in [1.54, 1.807) is 18.2 Å². The van der Waals surface area contributed by atoms with Gasteiger partial charge in [0.15, 0.2) is 5.69 Å². The molecule has 5 N–H and O–H groups in total. The maximum Gasteiger partial charge on any atom is 0.276 e. The third-order valence-electron chi connectivity index (χ3n) is 4.66. The highest BCUT2D eigenvalue weighted by molar-refractivity contribution is 6.06. The third kappa shape index (κ3) is 4.66. The molecule has 0 spiro atoms. The summed E-state index contributed by atoms with van der Waals surface area (Å²) in [6, 6.07) is 14.6. The smallest absolute Gasteiger partial charge is 0.276 e. The minimum Gasteiger partial charge on any atom is -0.496 e. The minimum atomic E-state index is -0.370. The zero-order chi connectivity index (χ0) is 21.5. The number of methoxy groups -OCH3 is 1. The van der Waals surface area contributed by atoms with Crippen LogP contribution in [-0.2, 0) is 0 Å². The number of carbonyl (C=O) groups excluding carboxylic acids is 2. The summed E-state index contributed by atoms with van der Waals surface area (Å²) in [6.07, 6.45) is 0.673. The van der Waals surface area contributed by atoms with Crippen molar-refractivity contribution in [3.8, 4) is 17.0 Å². The monoisotopic (exact) mass is 407 g/mol. The molecule has 0 atom stereocenters. The summed E-state index contributed by atoms with van der Waals surface area (Å²) < 4.78 is 5.27. The first kappa shape index (κ1) is 21.1.